The van der Waals surface area contributed by atoms with Crippen molar-refractivity contribution in [2.45, 2.75) is 32.5 Å². The molecule has 0 aromatic carbocycles. The van der Waals surface area contributed by atoms with Crippen LogP contribution in [0.15, 0.2) is 36.7 Å². The monoisotopic (exact) mass is 288 g/mol. The average Bonchev–Trinajstić information content (AvgIpc) is 2.49. The third-order valence-electron chi connectivity index (χ3n) is 2.82. The van der Waals surface area contributed by atoms with Crippen molar-refractivity contribution in [2.24, 2.45) is 0 Å². The van der Waals surface area contributed by atoms with Crippen molar-refractivity contribution in [3.63, 3.8) is 0 Å². The molecule has 0 saturated carbocycles. The largest absolute Gasteiger partial charge is 0.438 e. The van der Waals surface area contributed by atoms with Gasteiger partial charge in [0.1, 0.15) is 0 Å². The molecule has 4 N–H and O–H groups in total. The molecule has 6 nitrogen and oxygen atoms in total. The summed E-state index contributed by atoms with van der Waals surface area (Å²) >= 11 is 0. The van der Waals surface area contributed by atoms with Gasteiger partial charge in [0.15, 0.2) is 0 Å². The van der Waals surface area contributed by atoms with Crippen molar-refractivity contribution >= 4 is 11.4 Å². The molecular formula is C15H20N4O2. The molecule has 2 aromatic rings. The van der Waals surface area contributed by atoms with Gasteiger partial charge in [0.05, 0.1) is 23.8 Å². The smallest absolute Gasteiger partial charge is 0.244 e. The predicted molar refractivity (Wildman–Crippen MR) is 81.9 cm³/mol. The standard InChI is InChI=1S/C15H20N4O2/c1-2-3-4-15(20-13-7-5-11(16)9-18-13)21-14-8-6-12(17)10-19-14/h5-10,15H,2-4,16-17H2,1H3. The number of nitrogens with two attached hydrogens (primary N) is 2. The summed E-state index contributed by atoms with van der Waals surface area (Å²) in [4.78, 5) is 8.23. The fourth-order valence-corrected chi connectivity index (χ4v) is 1.70. The minimum atomic E-state index is -0.447. The van der Waals surface area contributed by atoms with Crippen LogP contribution in [0.1, 0.15) is 26.2 Å². The second kappa shape index (κ2) is 7.33. The highest BCUT2D eigenvalue weighted by atomic mass is 16.7. The molecule has 0 aliphatic rings. The molecule has 0 radical (unpaired) electrons. The van der Waals surface area contributed by atoms with Gasteiger partial charge in [-0.1, -0.05) is 13.3 Å². The number of aromatic nitrogens is 2. The number of pyridine rings is 2. The molecule has 21 heavy (non-hydrogen) atoms. The van der Waals surface area contributed by atoms with Gasteiger partial charge in [-0.05, 0) is 18.6 Å². The number of hydrogen-bond acceptors (Lipinski definition) is 6. The van der Waals surface area contributed by atoms with Crippen molar-refractivity contribution in [1.82, 2.24) is 9.97 Å². The van der Waals surface area contributed by atoms with E-state index in [1.807, 2.05) is 0 Å². The van der Waals surface area contributed by atoms with Gasteiger partial charge >= 0.3 is 0 Å². The normalized spacial score (nSPS) is 10.6. The summed E-state index contributed by atoms with van der Waals surface area (Å²) in [5, 5.41) is 0. The third kappa shape index (κ3) is 4.83. The first-order chi connectivity index (χ1) is 10.2. The van der Waals surface area contributed by atoms with Crippen LogP contribution >= 0.6 is 0 Å². The molecule has 0 spiro atoms. The van der Waals surface area contributed by atoms with Crippen LogP contribution in [0.2, 0.25) is 0 Å². The van der Waals surface area contributed by atoms with Crippen LogP contribution in [0.3, 0.4) is 0 Å². The first-order valence-electron chi connectivity index (χ1n) is 6.93. The second-order valence-electron chi connectivity index (χ2n) is 4.67. The van der Waals surface area contributed by atoms with Gasteiger partial charge in [0.2, 0.25) is 18.1 Å². The van der Waals surface area contributed by atoms with Crippen LogP contribution in [0, 0.1) is 0 Å². The van der Waals surface area contributed by atoms with Crippen molar-refractivity contribution in [2.75, 3.05) is 11.5 Å². The van der Waals surface area contributed by atoms with E-state index in [-0.39, 0.29) is 0 Å². The fourth-order valence-electron chi connectivity index (χ4n) is 1.70. The van der Waals surface area contributed by atoms with Crippen LogP contribution in [0.4, 0.5) is 11.4 Å². The molecule has 2 heterocycles. The Morgan fingerprint density at radius 2 is 1.48 bits per heavy atom. The lowest BCUT2D eigenvalue weighted by Crippen LogP contribution is -2.24. The van der Waals surface area contributed by atoms with E-state index < -0.39 is 6.29 Å². The van der Waals surface area contributed by atoms with Crippen molar-refractivity contribution in [3.8, 4) is 11.8 Å². The lowest BCUT2D eigenvalue weighted by atomic mass is 10.2. The van der Waals surface area contributed by atoms with Crippen LogP contribution in [-0.4, -0.2) is 16.3 Å². The lowest BCUT2D eigenvalue weighted by molar-refractivity contribution is -0.00866. The van der Waals surface area contributed by atoms with E-state index >= 15 is 0 Å². The number of rotatable bonds is 7. The summed E-state index contributed by atoms with van der Waals surface area (Å²) in [6.07, 6.45) is 5.43. The Bertz CT molecular complexity index is 495. The summed E-state index contributed by atoms with van der Waals surface area (Å²) in [5.41, 5.74) is 12.4. The highest BCUT2D eigenvalue weighted by Crippen LogP contribution is 2.17. The number of ether oxygens (including phenoxy) is 2. The van der Waals surface area contributed by atoms with Gasteiger partial charge in [-0.2, -0.15) is 0 Å². The summed E-state index contributed by atoms with van der Waals surface area (Å²) in [5.74, 6) is 0.946. The van der Waals surface area contributed by atoms with E-state index in [4.69, 9.17) is 20.9 Å². The zero-order valence-corrected chi connectivity index (χ0v) is 12.0. The average molecular weight is 288 g/mol. The Labute approximate surface area is 124 Å². The molecule has 0 aliphatic heterocycles. The fraction of sp³-hybridized carbons (Fsp3) is 0.333. The topological polar surface area (TPSA) is 96.3 Å². The summed E-state index contributed by atoms with van der Waals surface area (Å²) in [7, 11) is 0. The van der Waals surface area contributed by atoms with E-state index in [1.165, 1.54) is 0 Å². The lowest BCUT2D eigenvalue weighted by Gasteiger charge is -2.19. The van der Waals surface area contributed by atoms with Gasteiger partial charge < -0.3 is 20.9 Å². The summed E-state index contributed by atoms with van der Waals surface area (Å²) < 4.78 is 11.5. The van der Waals surface area contributed by atoms with Crippen LogP contribution < -0.4 is 20.9 Å². The highest BCUT2D eigenvalue weighted by Gasteiger charge is 2.13. The predicted octanol–water partition coefficient (Wildman–Crippen LogP) is 2.62. The first-order valence-corrected chi connectivity index (χ1v) is 6.93. The molecule has 0 saturated heterocycles. The molecule has 0 aliphatic carbocycles. The number of hydrogen-bond donors (Lipinski definition) is 2. The number of unbranched alkanes of at least 4 members (excludes halogenated alkanes) is 1. The van der Waals surface area contributed by atoms with E-state index in [9.17, 15) is 0 Å². The third-order valence-corrected chi connectivity index (χ3v) is 2.82. The Balaban J connectivity index is 2.02. The Kier molecular flexibility index (Phi) is 5.20. The molecular weight excluding hydrogens is 268 g/mol. The van der Waals surface area contributed by atoms with E-state index in [2.05, 4.69) is 16.9 Å². The molecule has 6 heteroatoms. The molecule has 0 atom stereocenters. The van der Waals surface area contributed by atoms with Gasteiger partial charge in [-0.15, -0.1) is 0 Å². The van der Waals surface area contributed by atoms with Crippen LogP contribution in [-0.2, 0) is 0 Å². The number of anilines is 2. The SMILES string of the molecule is CCCCC(Oc1ccc(N)cn1)Oc1ccc(N)cn1. The Hall–Kier alpha value is -2.50. The van der Waals surface area contributed by atoms with Crippen molar-refractivity contribution in [1.29, 1.82) is 0 Å². The Morgan fingerprint density at radius 3 is 1.86 bits per heavy atom. The van der Waals surface area contributed by atoms with Gasteiger partial charge in [0, 0.05) is 18.6 Å². The molecule has 0 bridgehead atoms. The maximum Gasteiger partial charge on any atom is 0.244 e. The maximum atomic E-state index is 5.75. The van der Waals surface area contributed by atoms with Crippen molar-refractivity contribution in [3.05, 3.63) is 36.7 Å². The van der Waals surface area contributed by atoms with E-state index in [0.717, 1.165) is 19.3 Å². The molecule has 112 valence electrons. The summed E-state index contributed by atoms with van der Waals surface area (Å²) in [6.45, 7) is 2.11. The number of nitrogen functional groups attached to an aromatic ring is 2. The molecule has 0 amide bonds. The zero-order chi connectivity index (χ0) is 15.1. The van der Waals surface area contributed by atoms with E-state index in [1.54, 1.807) is 36.7 Å². The number of nitrogens with zero attached hydrogens (tertiary/aromatic N) is 2. The maximum absolute atomic E-state index is 5.75. The molecule has 0 fully saturated rings. The minimum absolute atomic E-state index is 0.447. The molecule has 0 unspecified atom stereocenters. The van der Waals surface area contributed by atoms with E-state index in [0.29, 0.717) is 23.1 Å². The molecule has 2 aromatic heterocycles. The minimum Gasteiger partial charge on any atom is -0.438 e. The summed E-state index contributed by atoms with van der Waals surface area (Å²) in [6, 6.07) is 6.91. The first kappa shape index (κ1) is 14.9. The van der Waals surface area contributed by atoms with Crippen LogP contribution in [0.25, 0.3) is 0 Å². The van der Waals surface area contributed by atoms with Gasteiger partial charge in [-0.3, -0.25) is 0 Å². The van der Waals surface area contributed by atoms with Crippen LogP contribution in [0.5, 0.6) is 11.8 Å². The Morgan fingerprint density at radius 1 is 0.952 bits per heavy atom. The van der Waals surface area contributed by atoms with Gasteiger partial charge in [0.25, 0.3) is 0 Å². The highest BCUT2D eigenvalue weighted by molar-refractivity contribution is 5.36. The second-order valence-corrected chi connectivity index (χ2v) is 4.67. The quantitative estimate of drug-likeness (QED) is 0.760. The van der Waals surface area contributed by atoms with Crippen molar-refractivity contribution < 1.29 is 9.47 Å². The van der Waals surface area contributed by atoms with Gasteiger partial charge in [-0.25, -0.2) is 9.97 Å². The molecule has 2 rings (SSSR count). The zero-order valence-electron chi connectivity index (χ0n) is 12.0.